The summed E-state index contributed by atoms with van der Waals surface area (Å²) < 4.78 is 10.6. The number of alkyl carbamates (subject to hydrolysis) is 1. The normalized spacial score (nSPS) is 12.7. The molecule has 0 aliphatic rings. The number of benzene rings is 2. The number of nitrogens with zero attached hydrogens (tertiary/aromatic N) is 1. The monoisotopic (exact) mass is 555 g/mol. The molecular formula is C30H41N3O5S. The van der Waals surface area contributed by atoms with Crippen LogP contribution in [0.1, 0.15) is 58.2 Å². The Hall–Kier alpha value is -3.46. The van der Waals surface area contributed by atoms with Crippen molar-refractivity contribution in [2.24, 2.45) is 0 Å². The molecule has 2 rings (SSSR count). The zero-order chi connectivity index (χ0) is 29.2. The Bertz CT molecular complexity index is 1130. The lowest BCUT2D eigenvalue weighted by atomic mass is 9.98. The van der Waals surface area contributed by atoms with Crippen molar-refractivity contribution >= 4 is 41.4 Å². The highest BCUT2D eigenvalue weighted by Gasteiger charge is 2.37. The zero-order valence-electron chi connectivity index (χ0n) is 23.9. The number of thioether (sulfide) groups is 1. The maximum atomic E-state index is 14.1. The van der Waals surface area contributed by atoms with Crippen LogP contribution in [-0.2, 0) is 14.3 Å². The lowest BCUT2D eigenvalue weighted by molar-refractivity contribution is -0.143. The van der Waals surface area contributed by atoms with Crippen molar-refractivity contribution in [2.45, 2.75) is 64.8 Å². The Balaban J connectivity index is 2.52. The van der Waals surface area contributed by atoms with E-state index in [9.17, 15) is 14.4 Å². The summed E-state index contributed by atoms with van der Waals surface area (Å²) in [5.74, 6) is 0.535. The third kappa shape index (κ3) is 9.66. The predicted molar refractivity (Wildman–Crippen MR) is 159 cm³/mol. The number of anilines is 1. The van der Waals surface area contributed by atoms with Gasteiger partial charge >= 0.3 is 6.09 Å². The molecule has 0 saturated heterocycles. The van der Waals surface area contributed by atoms with E-state index in [1.54, 1.807) is 70.0 Å². The van der Waals surface area contributed by atoms with Gasteiger partial charge in [-0.1, -0.05) is 30.9 Å². The van der Waals surface area contributed by atoms with E-state index in [-0.39, 0.29) is 17.9 Å². The highest BCUT2D eigenvalue weighted by molar-refractivity contribution is 7.98. The first kappa shape index (κ1) is 31.8. The molecule has 2 atom stereocenters. The molecule has 0 bridgehead atoms. The second-order valence-corrected chi connectivity index (χ2v) is 11.3. The summed E-state index contributed by atoms with van der Waals surface area (Å²) in [6, 6.07) is 12.1. The van der Waals surface area contributed by atoms with E-state index in [1.165, 1.54) is 4.90 Å². The molecule has 2 aromatic carbocycles. The topological polar surface area (TPSA) is 97.0 Å². The average molecular weight is 556 g/mol. The van der Waals surface area contributed by atoms with E-state index < -0.39 is 23.8 Å². The van der Waals surface area contributed by atoms with Gasteiger partial charge in [0.1, 0.15) is 23.4 Å². The molecule has 0 heterocycles. The fourth-order valence-electron chi connectivity index (χ4n) is 3.98. The molecule has 0 aromatic heterocycles. The Morgan fingerprint density at radius 3 is 2.31 bits per heavy atom. The SMILES string of the molecule is C=Cc1cccc(C(C(=O)Nc2ccc(OC)cc2)N(C(=O)C(CCSC)NC(=O)OC(C)(C)C)C(C)C)c1. The molecule has 2 aromatic rings. The van der Waals surface area contributed by atoms with Gasteiger partial charge in [-0.15, -0.1) is 0 Å². The van der Waals surface area contributed by atoms with Gasteiger partial charge in [-0.05, 0) is 94.5 Å². The van der Waals surface area contributed by atoms with Crippen molar-refractivity contribution in [1.29, 1.82) is 0 Å². The summed E-state index contributed by atoms with van der Waals surface area (Å²) in [4.78, 5) is 42.2. The van der Waals surface area contributed by atoms with Gasteiger partial charge in [0, 0.05) is 11.7 Å². The van der Waals surface area contributed by atoms with Gasteiger partial charge in [-0.25, -0.2) is 4.79 Å². The maximum Gasteiger partial charge on any atom is 0.408 e. The minimum absolute atomic E-state index is 0.367. The van der Waals surface area contributed by atoms with Gasteiger partial charge < -0.3 is 25.0 Å². The molecule has 0 saturated carbocycles. The van der Waals surface area contributed by atoms with Gasteiger partial charge in [0.05, 0.1) is 7.11 Å². The average Bonchev–Trinajstić information content (AvgIpc) is 2.88. The minimum atomic E-state index is -0.975. The van der Waals surface area contributed by atoms with Crippen molar-refractivity contribution in [3.8, 4) is 5.75 Å². The van der Waals surface area contributed by atoms with Crippen LogP contribution in [0.4, 0.5) is 10.5 Å². The zero-order valence-corrected chi connectivity index (χ0v) is 24.8. The number of rotatable bonds is 12. The van der Waals surface area contributed by atoms with Crippen LogP contribution in [0.25, 0.3) is 6.08 Å². The summed E-state index contributed by atoms with van der Waals surface area (Å²) in [6.07, 6.45) is 3.32. The summed E-state index contributed by atoms with van der Waals surface area (Å²) in [6.45, 7) is 12.8. The van der Waals surface area contributed by atoms with Crippen LogP contribution in [0.2, 0.25) is 0 Å². The van der Waals surface area contributed by atoms with Gasteiger partial charge in [0.25, 0.3) is 5.91 Å². The summed E-state index contributed by atoms with van der Waals surface area (Å²) in [5.41, 5.74) is 1.28. The third-order valence-corrected chi connectivity index (χ3v) is 6.40. The summed E-state index contributed by atoms with van der Waals surface area (Å²) >= 11 is 1.57. The fraction of sp³-hybridized carbons (Fsp3) is 0.433. The van der Waals surface area contributed by atoms with E-state index in [0.29, 0.717) is 29.2 Å². The molecule has 8 nitrogen and oxygen atoms in total. The van der Waals surface area contributed by atoms with E-state index in [0.717, 1.165) is 5.56 Å². The molecule has 39 heavy (non-hydrogen) atoms. The molecule has 0 spiro atoms. The molecule has 212 valence electrons. The standard InChI is InChI=1S/C30H41N3O5S/c1-9-21-11-10-12-22(19-21)26(27(34)31-23-13-15-24(37-7)16-14-23)33(20(2)3)28(35)25(17-18-39-8)32-29(36)38-30(4,5)6/h9-16,19-20,25-26H,1,17-18H2,2-8H3,(H,31,34)(H,32,36). The summed E-state index contributed by atoms with van der Waals surface area (Å²) in [7, 11) is 1.57. The van der Waals surface area contributed by atoms with E-state index in [2.05, 4.69) is 17.2 Å². The van der Waals surface area contributed by atoms with Crippen LogP contribution >= 0.6 is 11.8 Å². The molecule has 3 amide bonds. The summed E-state index contributed by atoms with van der Waals surface area (Å²) in [5, 5.41) is 5.69. The number of ether oxygens (including phenoxy) is 2. The van der Waals surface area contributed by atoms with E-state index in [4.69, 9.17) is 9.47 Å². The Morgan fingerprint density at radius 1 is 1.10 bits per heavy atom. The van der Waals surface area contributed by atoms with Crippen molar-refractivity contribution in [3.63, 3.8) is 0 Å². The van der Waals surface area contributed by atoms with E-state index >= 15 is 0 Å². The van der Waals surface area contributed by atoms with Crippen LogP contribution < -0.4 is 15.4 Å². The van der Waals surface area contributed by atoms with Crippen molar-refractivity contribution in [2.75, 3.05) is 24.4 Å². The van der Waals surface area contributed by atoms with Gasteiger partial charge in [-0.2, -0.15) is 11.8 Å². The molecule has 2 N–H and O–H groups in total. The van der Waals surface area contributed by atoms with Crippen LogP contribution in [0.5, 0.6) is 5.75 Å². The highest BCUT2D eigenvalue weighted by atomic mass is 32.2. The van der Waals surface area contributed by atoms with Crippen molar-refractivity contribution in [3.05, 3.63) is 66.2 Å². The second kappa shape index (κ2) is 14.6. The van der Waals surface area contributed by atoms with E-state index in [1.807, 2.05) is 44.4 Å². The molecule has 9 heteroatoms. The quantitative estimate of drug-likeness (QED) is 0.338. The third-order valence-electron chi connectivity index (χ3n) is 5.76. The number of carbonyl (C=O) groups is 3. The van der Waals surface area contributed by atoms with Crippen LogP contribution in [-0.4, -0.2) is 59.6 Å². The molecule has 0 aliphatic carbocycles. The fourth-order valence-corrected chi connectivity index (χ4v) is 4.45. The van der Waals surface area contributed by atoms with Crippen LogP contribution in [0.15, 0.2) is 55.1 Å². The Morgan fingerprint density at radius 2 is 1.77 bits per heavy atom. The number of methoxy groups -OCH3 is 1. The van der Waals surface area contributed by atoms with Gasteiger partial charge in [0.2, 0.25) is 5.91 Å². The highest BCUT2D eigenvalue weighted by Crippen LogP contribution is 2.28. The molecule has 0 fully saturated rings. The van der Waals surface area contributed by atoms with Crippen LogP contribution in [0.3, 0.4) is 0 Å². The number of hydrogen-bond donors (Lipinski definition) is 2. The second-order valence-electron chi connectivity index (χ2n) is 10.3. The number of amides is 3. The predicted octanol–water partition coefficient (Wildman–Crippen LogP) is 5.90. The first-order chi connectivity index (χ1) is 18.4. The van der Waals surface area contributed by atoms with Crippen molar-refractivity contribution in [1.82, 2.24) is 10.2 Å². The van der Waals surface area contributed by atoms with Gasteiger partial charge in [0.15, 0.2) is 0 Å². The number of hydrogen-bond acceptors (Lipinski definition) is 6. The lowest BCUT2D eigenvalue weighted by Crippen LogP contribution is -2.54. The molecular weight excluding hydrogens is 514 g/mol. The molecule has 0 aliphatic heterocycles. The molecule has 2 unspecified atom stereocenters. The first-order valence-electron chi connectivity index (χ1n) is 12.9. The lowest BCUT2D eigenvalue weighted by Gasteiger charge is -2.37. The Kier molecular flexibility index (Phi) is 11.9. The maximum absolute atomic E-state index is 14.1. The smallest absolute Gasteiger partial charge is 0.408 e. The number of nitrogens with one attached hydrogen (secondary N) is 2. The Labute approximate surface area is 236 Å². The van der Waals surface area contributed by atoms with Crippen molar-refractivity contribution < 1.29 is 23.9 Å². The van der Waals surface area contributed by atoms with Gasteiger partial charge in [-0.3, -0.25) is 9.59 Å². The first-order valence-corrected chi connectivity index (χ1v) is 14.3. The largest absolute Gasteiger partial charge is 0.497 e. The number of carbonyl (C=O) groups excluding carboxylic acids is 3. The molecule has 0 radical (unpaired) electrons. The van der Waals surface area contributed by atoms with Crippen LogP contribution in [0, 0.1) is 0 Å². The minimum Gasteiger partial charge on any atom is -0.497 e.